The van der Waals surface area contributed by atoms with Crippen LogP contribution >= 0.6 is 0 Å². The van der Waals surface area contributed by atoms with Gasteiger partial charge in [-0.15, -0.1) is 0 Å². The van der Waals surface area contributed by atoms with Gasteiger partial charge in [0.1, 0.15) is 6.04 Å². The van der Waals surface area contributed by atoms with Crippen molar-refractivity contribution in [3.05, 3.63) is 29.8 Å². The summed E-state index contributed by atoms with van der Waals surface area (Å²) in [6.07, 6.45) is 0.855. The molecule has 1 aromatic carbocycles. The van der Waals surface area contributed by atoms with Crippen molar-refractivity contribution in [2.75, 3.05) is 4.90 Å². The average molecular weight is 331 g/mol. The fourth-order valence-corrected chi connectivity index (χ4v) is 3.09. The molecule has 0 bridgehead atoms. The number of nitrogens with one attached hydrogen (secondary N) is 1. The number of carbonyl (C=O) groups excluding carboxylic acids is 3. The molecule has 0 fully saturated rings. The largest absolute Gasteiger partial charge is 0.370 e. The maximum atomic E-state index is 13.0. The molecule has 6 nitrogen and oxygen atoms in total. The minimum Gasteiger partial charge on any atom is -0.370 e. The number of primary amides is 1. The van der Waals surface area contributed by atoms with E-state index in [1.807, 2.05) is 45.0 Å². The van der Waals surface area contributed by atoms with Gasteiger partial charge in [-0.05, 0) is 30.9 Å². The second kappa shape index (κ2) is 7.47. The zero-order chi connectivity index (χ0) is 17.9. The van der Waals surface area contributed by atoms with E-state index in [2.05, 4.69) is 5.32 Å². The number of para-hydroxylation sites is 1. The van der Waals surface area contributed by atoms with E-state index in [1.165, 1.54) is 0 Å². The van der Waals surface area contributed by atoms with Crippen LogP contribution in [-0.2, 0) is 20.8 Å². The summed E-state index contributed by atoms with van der Waals surface area (Å²) in [4.78, 5) is 38.1. The predicted octanol–water partition coefficient (Wildman–Crippen LogP) is 1.37. The summed E-state index contributed by atoms with van der Waals surface area (Å²) in [7, 11) is 0. The van der Waals surface area contributed by atoms with E-state index >= 15 is 0 Å². The van der Waals surface area contributed by atoms with Crippen molar-refractivity contribution in [1.82, 2.24) is 5.32 Å². The highest BCUT2D eigenvalue weighted by atomic mass is 16.2. The second-order valence-corrected chi connectivity index (χ2v) is 6.78. The van der Waals surface area contributed by atoms with Crippen molar-refractivity contribution in [3.8, 4) is 0 Å². The highest BCUT2D eigenvalue weighted by Gasteiger charge is 2.35. The van der Waals surface area contributed by atoms with Gasteiger partial charge in [-0.1, -0.05) is 32.0 Å². The maximum Gasteiger partial charge on any atom is 0.250 e. The van der Waals surface area contributed by atoms with Crippen molar-refractivity contribution in [2.45, 2.75) is 52.1 Å². The van der Waals surface area contributed by atoms with E-state index in [1.54, 1.807) is 4.90 Å². The molecule has 0 radical (unpaired) electrons. The van der Waals surface area contributed by atoms with Gasteiger partial charge in [-0.3, -0.25) is 14.4 Å². The quantitative estimate of drug-likeness (QED) is 0.824. The standard InChI is InChI=1S/C18H25N3O3/c1-11(2)8-17(23)20-14(10-16(19)22)18(24)21-12(3)9-13-6-4-5-7-15(13)21/h4-7,11-12,14H,8-10H2,1-3H3,(H2,19,22)(H,20,23)/t12-,14+/m0/s1. The van der Waals surface area contributed by atoms with E-state index in [-0.39, 0.29) is 30.2 Å². The lowest BCUT2D eigenvalue weighted by atomic mass is 10.1. The fraction of sp³-hybridized carbons (Fsp3) is 0.500. The Morgan fingerprint density at radius 3 is 2.54 bits per heavy atom. The van der Waals surface area contributed by atoms with Crippen molar-refractivity contribution < 1.29 is 14.4 Å². The molecule has 1 aromatic rings. The van der Waals surface area contributed by atoms with E-state index in [4.69, 9.17) is 5.73 Å². The SMILES string of the molecule is CC(C)CC(=O)N[C@H](CC(N)=O)C(=O)N1c2ccccc2C[C@@H]1C. The number of fused-ring (bicyclic) bond motifs is 1. The minimum atomic E-state index is -0.928. The number of benzene rings is 1. The summed E-state index contributed by atoms with van der Waals surface area (Å²) >= 11 is 0. The van der Waals surface area contributed by atoms with E-state index in [0.29, 0.717) is 6.42 Å². The fourth-order valence-electron chi connectivity index (χ4n) is 3.09. The van der Waals surface area contributed by atoms with Gasteiger partial charge in [-0.25, -0.2) is 0 Å². The van der Waals surface area contributed by atoms with Crippen LogP contribution in [0.25, 0.3) is 0 Å². The summed E-state index contributed by atoms with van der Waals surface area (Å²) in [5.41, 5.74) is 7.20. The average Bonchev–Trinajstić information content (AvgIpc) is 2.80. The molecule has 1 heterocycles. The van der Waals surface area contributed by atoms with Gasteiger partial charge >= 0.3 is 0 Å². The highest BCUT2D eigenvalue weighted by Crippen LogP contribution is 2.32. The molecule has 2 rings (SSSR count). The number of hydrogen-bond donors (Lipinski definition) is 2. The van der Waals surface area contributed by atoms with Gasteiger partial charge in [0.25, 0.3) is 0 Å². The Hall–Kier alpha value is -2.37. The predicted molar refractivity (Wildman–Crippen MR) is 92.3 cm³/mol. The molecular weight excluding hydrogens is 306 g/mol. The molecular formula is C18H25N3O3. The number of hydrogen-bond acceptors (Lipinski definition) is 3. The van der Waals surface area contributed by atoms with Crippen LogP contribution in [0.1, 0.15) is 39.2 Å². The minimum absolute atomic E-state index is 0.0210. The Morgan fingerprint density at radius 2 is 1.92 bits per heavy atom. The van der Waals surface area contributed by atoms with Crippen LogP contribution in [0.3, 0.4) is 0 Å². The van der Waals surface area contributed by atoms with Crippen molar-refractivity contribution in [2.24, 2.45) is 11.7 Å². The van der Waals surface area contributed by atoms with Gasteiger partial charge in [0.05, 0.1) is 6.42 Å². The molecule has 0 spiro atoms. The van der Waals surface area contributed by atoms with E-state index in [9.17, 15) is 14.4 Å². The van der Waals surface area contributed by atoms with Crippen LogP contribution in [0.5, 0.6) is 0 Å². The van der Waals surface area contributed by atoms with Crippen LogP contribution in [0.2, 0.25) is 0 Å². The Morgan fingerprint density at radius 1 is 1.25 bits per heavy atom. The number of rotatable bonds is 6. The molecule has 3 amide bonds. The van der Waals surface area contributed by atoms with Crippen LogP contribution in [0, 0.1) is 5.92 Å². The molecule has 0 saturated carbocycles. The third kappa shape index (κ3) is 4.13. The Kier molecular flexibility index (Phi) is 5.59. The second-order valence-electron chi connectivity index (χ2n) is 6.78. The third-order valence-electron chi connectivity index (χ3n) is 4.08. The van der Waals surface area contributed by atoms with E-state index < -0.39 is 11.9 Å². The summed E-state index contributed by atoms with van der Waals surface area (Å²) in [6, 6.07) is 6.73. The number of nitrogens with two attached hydrogens (primary N) is 1. The summed E-state index contributed by atoms with van der Waals surface area (Å²) < 4.78 is 0. The van der Waals surface area contributed by atoms with Gasteiger partial charge in [0.15, 0.2) is 0 Å². The topological polar surface area (TPSA) is 92.5 Å². The number of anilines is 1. The van der Waals surface area contributed by atoms with Crippen molar-refractivity contribution >= 4 is 23.4 Å². The smallest absolute Gasteiger partial charge is 0.250 e. The van der Waals surface area contributed by atoms with E-state index in [0.717, 1.165) is 17.7 Å². The van der Waals surface area contributed by atoms with Crippen LogP contribution in [0.4, 0.5) is 5.69 Å². The molecule has 130 valence electrons. The van der Waals surface area contributed by atoms with Crippen LogP contribution in [-0.4, -0.2) is 29.8 Å². The zero-order valence-electron chi connectivity index (χ0n) is 14.4. The molecule has 1 aliphatic heterocycles. The third-order valence-corrected chi connectivity index (χ3v) is 4.08. The van der Waals surface area contributed by atoms with Crippen LogP contribution < -0.4 is 16.0 Å². The monoisotopic (exact) mass is 331 g/mol. The number of amides is 3. The Bertz CT molecular complexity index is 642. The summed E-state index contributed by atoms with van der Waals surface area (Å²) in [5.74, 6) is -0.979. The van der Waals surface area contributed by atoms with Crippen molar-refractivity contribution in [3.63, 3.8) is 0 Å². The van der Waals surface area contributed by atoms with Gasteiger partial charge < -0.3 is 16.0 Å². The van der Waals surface area contributed by atoms with Crippen molar-refractivity contribution in [1.29, 1.82) is 0 Å². The lowest BCUT2D eigenvalue weighted by Gasteiger charge is -2.28. The summed E-state index contributed by atoms with van der Waals surface area (Å²) in [6.45, 7) is 5.79. The molecule has 0 unspecified atom stereocenters. The molecule has 24 heavy (non-hydrogen) atoms. The molecule has 6 heteroatoms. The molecule has 3 N–H and O–H groups in total. The molecule has 0 aromatic heterocycles. The zero-order valence-corrected chi connectivity index (χ0v) is 14.4. The normalized spacial score (nSPS) is 17.5. The lowest BCUT2D eigenvalue weighted by molar-refractivity contribution is -0.130. The molecule has 2 atom stereocenters. The van der Waals surface area contributed by atoms with Crippen LogP contribution in [0.15, 0.2) is 24.3 Å². The molecule has 0 saturated heterocycles. The first-order chi connectivity index (χ1) is 11.3. The van der Waals surface area contributed by atoms with Gasteiger partial charge in [0, 0.05) is 18.2 Å². The number of carbonyl (C=O) groups is 3. The first-order valence-electron chi connectivity index (χ1n) is 8.28. The van der Waals surface area contributed by atoms with Gasteiger partial charge in [-0.2, -0.15) is 0 Å². The Balaban J connectivity index is 2.21. The highest BCUT2D eigenvalue weighted by molar-refractivity contribution is 6.03. The Labute approximate surface area is 142 Å². The first-order valence-corrected chi connectivity index (χ1v) is 8.28. The summed E-state index contributed by atoms with van der Waals surface area (Å²) in [5, 5.41) is 2.68. The molecule has 0 aliphatic carbocycles. The lowest BCUT2D eigenvalue weighted by Crippen LogP contribution is -2.52. The number of nitrogens with zero attached hydrogens (tertiary/aromatic N) is 1. The first kappa shape index (κ1) is 18.0. The maximum absolute atomic E-state index is 13.0. The molecule has 1 aliphatic rings. The van der Waals surface area contributed by atoms with Gasteiger partial charge in [0.2, 0.25) is 17.7 Å².